The quantitative estimate of drug-likeness (QED) is 0.722. The topological polar surface area (TPSA) is 67.2 Å². The van der Waals surface area contributed by atoms with Crippen LogP contribution in [0.1, 0.15) is 19.3 Å². The van der Waals surface area contributed by atoms with Crippen molar-refractivity contribution in [3.63, 3.8) is 0 Å². The van der Waals surface area contributed by atoms with Gasteiger partial charge in [-0.15, -0.1) is 0 Å². The van der Waals surface area contributed by atoms with Crippen LogP contribution in [-0.2, 0) is 11.3 Å². The minimum Gasteiger partial charge on any atom is -0.396 e. The number of rotatable bonds is 6. The van der Waals surface area contributed by atoms with Crippen LogP contribution in [0.4, 0.5) is 0 Å². The Kier molecular flexibility index (Phi) is 3.24. The molecule has 0 unspecified atom stereocenters. The molecule has 0 atom stereocenters. The predicted molar refractivity (Wildman–Crippen MR) is 58.6 cm³/mol. The average molecular weight is 223 g/mol. The molecule has 0 spiro atoms. The molecule has 0 aromatic carbocycles. The van der Waals surface area contributed by atoms with E-state index in [1.807, 2.05) is 10.8 Å². The van der Waals surface area contributed by atoms with Crippen LogP contribution in [0.3, 0.4) is 0 Å². The van der Waals surface area contributed by atoms with Gasteiger partial charge >= 0.3 is 0 Å². The lowest BCUT2D eigenvalue weighted by atomic mass is 10.1. The molecule has 0 saturated heterocycles. The number of carbonyl (C=O) groups excluding carboxylic acids is 1. The Balaban J connectivity index is 1.65. The molecule has 1 saturated carbocycles. The van der Waals surface area contributed by atoms with Gasteiger partial charge < -0.3 is 15.0 Å². The number of nitrogens with zero attached hydrogens (tertiary/aromatic N) is 2. The van der Waals surface area contributed by atoms with Crippen LogP contribution in [0.2, 0.25) is 0 Å². The zero-order valence-corrected chi connectivity index (χ0v) is 9.22. The molecule has 1 aromatic rings. The van der Waals surface area contributed by atoms with E-state index >= 15 is 0 Å². The van der Waals surface area contributed by atoms with Gasteiger partial charge in [0.1, 0.15) is 0 Å². The first kappa shape index (κ1) is 11.1. The molecule has 0 radical (unpaired) electrons. The Bertz CT molecular complexity index is 344. The van der Waals surface area contributed by atoms with Gasteiger partial charge in [0.25, 0.3) is 0 Å². The summed E-state index contributed by atoms with van der Waals surface area (Å²) in [5.41, 5.74) is -0.00926. The zero-order chi connectivity index (χ0) is 11.4. The third-order valence-electron chi connectivity index (χ3n) is 3.11. The van der Waals surface area contributed by atoms with E-state index in [0.717, 1.165) is 12.8 Å². The standard InChI is InChI=1S/C11H17N3O2/c15-8-11(2-3-11)7-13-10(16)1-5-14-6-4-12-9-14/h4,6,9,15H,1-3,5,7-8H2,(H,13,16). The van der Waals surface area contributed by atoms with Gasteiger partial charge in [-0.25, -0.2) is 4.98 Å². The maximum absolute atomic E-state index is 11.5. The van der Waals surface area contributed by atoms with Crippen molar-refractivity contribution in [2.45, 2.75) is 25.8 Å². The predicted octanol–water partition coefficient (Wildman–Crippen LogP) is 0.162. The smallest absolute Gasteiger partial charge is 0.221 e. The van der Waals surface area contributed by atoms with Crippen molar-refractivity contribution in [1.82, 2.24) is 14.9 Å². The summed E-state index contributed by atoms with van der Waals surface area (Å²) in [6, 6.07) is 0. The van der Waals surface area contributed by atoms with E-state index in [1.54, 1.807) is 12.5 Å². The Morgan fingerprint density at radius 2 is 2.38 bits per heavy atom. The number of nitrogens with one attached hydrogen (secondary N) is 1. The van der Waals surface area contributed by atoms with Gasteiger partial charge in [0.05, 0.1) is 12.9 Å². The first-order valence-corrected chi connectivity index (χ1v) is 5.57. The fourth-order valence-corrected chi connectivity index (χ4v) is 1.59. The van der Waals surface area contributed by atoms with E-state index in [0.29, 0.717) is 19.5 Å². The molecule has 2 rings (SSSR count). The van der Waals surface area contributed by atoms with E-state index < -0.39 is 0 Å². The number of imidazole rings is 1. The normalized spacial score (nSPS) is 17.1. The summed E-state index contributed by atoms with van der Waals surface area (Å²) in [5, 5.41) is 12.0. The Hall–Kier alpha value is -1.36. The SMILES string of the molecule is O=C(CCn1ccnc1)NCC1(CO)CC1. The number of aliphatic hydroxyl groups is 1. The van der Waals surface area contributed by atoms with Gasteiger partial charge in [-0.1, -0.05) is 0 Å². The van der Waals surface area contributed by atoms with Crippen LogP contribution in [0.15, 0.2) is 18.7 Å². The summed E-state index contributed by atoms with van der Waals surface area (Å²) >= 11 is 0. The monoisotopic (exact) mass is 223 g/mol. The van der Waals surface area contributed by atoms with Gasteiger partial charge in [-0.2, -0.15) is 0 Å². The second-order valence-corrected chi connectivity index (χ2v) is 4.49. The number of aryl methyl sites for hydroxylation is 1. The third kappa shape index (κ3) is 2.82. The van der Waals surface area contributed by atoms with Crippen LogP contribution in [0.25, 0.3) is 0 Å². The first-order chi connectivity index (χ1) is 7.74. The molecule has 1 aliphatic rings. The lowest BCUT2D eigenvalue weighted by Crippen LogP contribution is -2.32. The highest BCUT2D eigenvalue weighted by atomic mass is 16.3. The lowest BCUT2D eigenvalue weighted by Gasteiger charge is -2.12. The van der Waals surface area contributed by atoms with Gasteiger partial charge in [0, 0.05) is 37.3 Å². The summed E-state index contributed by atoms with van der Waals surface area (Å²) < 4.78 is 1.87. The molecule has 5 heteroatoms. The van der Waals surface area contributed by atoms with Crippen molar-refractivity contribution in [1.29, 1.82) is 0 Å². The van der Waals surface area contributed by atoms with Gasteiger partial charge in [-0.3, -0.25) is 4.79 Å². The number of carbonyl (C=O) groups is 1. The maximum Gasteiger partial charge on any atom is 0.221 e. The molecule has 16 heavy (non-hydrogen) atoms. The highest BCUT2D eigenvalue weighted by Crippen LogP contribution is 2.44. The second-order valence-electron chi connectivity index (χ2n) is 4.49. The molecule has 0 aliphatic heterocycles. The molecule has 1 heterocycles. The van der Waals surface area contributed by atoms with E-state index in [-0.39, 0.29) is 17.9 Å². The van der Waals surface area contributed by atoms with Crippen molar-refractivity contribution in [3.05, 3.63) is 18.7 Å². The van der Waals surface area contributed by atoms with E-state index in [4.69, 9.17) is 5.11 Å². The van der Waals surface area contributed by atoms with Crippen molar-refractivity contribution in [2.24, 2.45) is 5.41 Å². The summed E-state index contributed by atoms with van der Waals surface area (Å²) in [4.78, 5) is 15.4. The molecule has 1 amide bonds. The Morgan fingerprint density at radius 3 is 2.94 bits per heavy atom. The second kappa shape index (κ2) is 4.65. The molecule has 2 N–H and O–H groups in total. The zero-order valence-electron chi connectivity index (χ0n) is 9.22. The van der Waals surface area contributed by atoms with Crippen molar-refractivity contribution >= 4 is 5.91 Å². The van der Waals surface area contributed by atoms with Crippen molar-refractivity contribution < 1.29 is 9.90 Å². The van der Waals surface area contributed by atoms with E-state index in [9.17, 15) is 4.79 Å². The average Bonchev–Trinajstić information content (AvgIpc) is 2.90. The Labute approximate surface area is 94.5 Å². The van der Waals surface area contributed by atoms with Gasteiger partial charge in [-0.05, 0) is 12.8 Å². The molecule has 1 fully saturated rings. The fourth-order valence-electron chi connectivity index (χ4n) is 1.59. The fraction of sp³-hybridized carbons (Fsp3) is 0.636. The molecule has 0 bridgehead atoms. The van der Waals surface area contributed by atoms with Crippen LogP contribution >= 0.6 is 0 Å². The van der Waals surface area contributed by atoms with Gasteiger partial charge in [0.15, 0.2) is 0 Å². The maximum atomic E-state index is 11.5. The number of hydrogen-bond acceptors (Lipinski definition) is 3. The van der Waals surface area contributed by atoms with Crippen LogP contribution in [-0.4, -0.2) is 33.7 Å². The molecular formula is C11H17N3O2. The highest BCUT2D eigenvalue weighted by Gasteiger charge is 2.41. The highest BCUT2D eigenvalue weighted by molar-refractivity contribution is 5.75. The number of aromatic nitrogens is 2. The number of amides is 1. The minimum absolute atomic E-state index is 0.00926. The largest absolute Gasteiger partial charge is 0.396 e. The van der Waals surface area contributed by atoms with Crippen LogP contribution in [0.5, 0.6) is 0 Å². The van der Waals surface area contributed by atoms with E-state index in [2.05, 4.69) is 10.3 Å². The van der Waals surface area contributed by atoms with Gasteiger partial charge in [0.2, 0.25) is 5.91 Å². The van der Waals surface area contributed by atoms with E-state index in [1.165, 1.54) is 0 Å². The minimum atomic E-state index is -0.00926. The first-order valence-electron chi connectivity index (χ1n) is 5.57. The molecule has 1 aromatic heterocycles. The Morgan fingerprint density at radius 1 is 1.56 bits per heavy atom. The summed E-state index contributed by atoms with van der Waals surface area (Å²) in [5.74, 6) is 0.0356. The number of hydrogen-bond donors (Lipinski definition) is 2. The lowest BCUT2D eigenvalue weighted by molar-refractivity contribution is -0.121. The van der Waals surface area contributed by atoms with Crippen molar-refractivity contribution in [3.8, 4) is 0 Å². The van der Waals surface area contributed by atoms with Crippen LogP contribution in [0, 0.1) is 5.41 Å². The van der Waals surface area contributed by atoms with Crippen LogP contribution < -0.4 is 5.32 Å². The molecular weight excluding hydrogens is 206 g/mol. The molecule has 88 valence electrons. The summed E-state index contributed by atoms with van der Waals surface area (Å²) in [6.07, 6.45) is 7.73. The molecule has 5 nitrogen and oxygen atoms in total. The summed E-state index contributed by atoms with van der Waals surface area (Å²) in [6.45, 7) is 1.43. The van der Waals surface area contributed by atoms with Crippen molar-refractivity contribution in [2.75, 3.05) is 13.2 Å². The molecule has 1 aliphatic carbocycles. The summed E-state index contributed by atoms with van der Waals surface area (Å²) in [7, 11) is 0. The number of aliphatic hydroxyl groups excluding tert-OH is 1. The third-order valence-corrected chi connectivity index (χ3v) is 3.11.